The summed E-state index contributed by atoms with van der Waals surface area (Å²) < 4.78 is 5.21. The quantitative estimate of drug-likeness (QED) is 0.529. The molecule has 0 aliphatic carbocycles. The molecule has 0 atom stereocenters. The molecule has 21 heavy (non-hydrogen) atoms. The Hall–Kier alpha value is -2.14. The maximum Gasteiger partial charge on any atom is 0.323 e. The molecule has 1 rings (SSSR count). The van der Waals surface area contributed by atoms with Gasteiger partial charge in [-0.1, -0.05) is 36.4 Å². The molecule has 0 heterocycles. The third-order valence-corrected chi connectivity index (χ3v) is 2.81. The van der Waals surface area contributed by atoms with Crippen molar-refractivity contribution in [3.8, 4) is 0 Å². The maximum absolute atomic E-state index is 12.1. The average molecular weight is 291 g/mol. The van der Waals surface area contributed by atoms with E-state index in [4.69, 9.17) is 9.84 Å². The Kier molecular flexibility index (Phi) is 7.82. The molecule has 0 aromatic heterocycles. The number of carboxylic acid groups (broad SMARTS) is 1. The number of nitrogens with zero attached hydrogens (tertiary/aromatic N) is 1. The SMILES string of the molecule is C=CCOCCCC(=O)N(CC(=O)O)Cc1ccccc1. The number of benzene rings is 1. The van der Waals surface area contributed by atoms with Crippen LogP contribution in [-0.2, 0) is 20.9 Å². The lowest BCUT2D eigenvalue weighted by Gasteiger charge is -2.21. The smallest absolute Gasteiger partial charge is 0.323 e. The van der Waals surface area contributed by atoms with Gasteiger partial charge in [0, 0.05) is 19.6 Å². The van der Waals surface area contributed by atoms with Crippen LogP contribution >= 0.6 is 0 Å². The molecule has 0 aliphatic rings. The molecular weight excluding hydrogens is 270 g/mol. The Labute approximate surface area is 124 Å². The first-order valence-electron chi connectivity index (χ1n) is 6.85. The van der Waals surface area contributed by atoms with Crippen LogP contribution in [0.1, 0.15) is 18.4 Å². The third kappa shape index (κ3) is 7.27. The number of ether oxygens (including phenoxy) is 1. The summed E-state index contributed by atoms with van der Waals surface area (Å²) in [7, 11) is 0. The first-order valence-corrected chi connectivity index (χ1v) is 6.85. The number of rotatable bonds is 10. The highest BCUT2D eigenvalue weighted by atomic mass is 16.5. The molecule has 0 saturated carbocycles. The summed E-state index contributed by atoms with van der Waals surface area (Å²) in [6.45, 7) is 4.47. The largest absolute Gasteiger partial charge is 0.480 e. The topological polar surface area (TPSA) is 66.8 Å². The number of carbonyl (C=O) groups excluding carboxylic acids is 1. The lowest BCUT2D eigenvalue weighted by molar-refractivity contribution is -0.145. The van der Waals surface area contributed by atoms with Gasteiger partial charge in [0.1, 0.15) is 6.54 Å². The summed E-state index contributed by atoms with van der Waals surface area (Å²) in [6, 6.07) is 9.35. The molecule has 1 N–H and O–H groups in total. The molecule has 114 valence electrons. The molecule has 5 heteroatoms. The lowest BCUT2D eigenvalue weighted by Crippen LogP contribution is -2.35. The van der Waals surface area contributed by atoms with Crippen molar-refractivity contribution < 1.29 is 19.4 Å². The van der Waals surface area contributed by atoms with Gasteiger partial charge in [-0.05, 0) is 12.0 Å². The minimum atomic E-state index is -1.01. The summed E-state index contributed by atoms with van der Waals surface area (Å²) in [5.74, 6) is -1.19. The van der Waals surface area contributed by atoms with Crippen molar-refractivity contribution in [3.63, 3.8) is 0 Å². The first kappa shape index (κ1) is 16.9. The number of hydrogen-bond donors (Lipinski definition) is 1. The molecule has 1 aromatic carbocycles. The second-order valence-electron chi connectivity index (χ2n) is 4.60. The normalized spacial score (nSPS) is 10.1. The Bertz CT molecular complexity index is 459. The highest BCUT2D eigenvalue weighted by Crippen LogP contribution is 2.07. The van der Waals surface area contributed by atoms with E-state index in [2.05, 4.69) is 6.58 Å². The van der Waals surface area contributed by atoms with Crippen LogP contribution in [0.4, 0.5) is 0 Å². The molecule has 1 aromatic rings. The van der Waals surface area contributed by atoms with Crippen LogP contribution < -0.4 is 0 Å². The summed E-state index contributed by atoms with van der Waals surface area (Å²) in [6.07, 6.45) is 2.49. The minimum Gasteiger partial charge on any atom is -0.480 e. The molecule has 0 fully saturated rings. The first-order chi connectivity index (χ1) is 10.1. The average Bonchev–Trinajstić information content (AvgIpc) is 2.47. The number of amides is 1. The molecule has 0 unspecified atom stereocenters. The molecule has 0 bridgehead atoms. The molecule has 5 nitrogen and oxygen atoms in total. The van der Waals surface area contributed by atoms with Crippen LogP contribution in [0.25, 0.3) is 0 Å². The van der Waals surface area contributed by atoms with Gasteiger partial charge in [0.25, 0.3) is 0 Å². The van der Waals surface area contributed by atoms with Gasteiger partial charge in [-0.2, -0.15) is 0 Å². The highest BCUT2D eigenvalue weighted by molar-refractivity contribution is 5.81. The fraction of sp³-hybridized carbons (Fsp3) is 0.375. The van der Waals surface area contributed by atoms with E-state index in [9.17, 15) is 9.59 Å². The second-order valence-corrected chi connectivity index (χ2v) is 4.60. The fourth-order valence-corrected chi connectivity index (χ4v) is 1.85. The van der Waals surface area contributed by atoms with Gasteiger partial charge < -0.3 is 14.7 Å². The minimum absolute atomic E-state index is 0.177. The third-order valence-electron chi connectivity index (χ3n) is 2.81. The summed E-state index contributed by atoms with van der Waals surface area (Å²) >= 11 is 0. The van der Waals surface area contributed by atoms with E-state index in [1.165, 1.54) is 4.90 Å². The predicted molar refractivity (Wildman–Crippen MR) is 79.7 cm³/mol. The Morgan fingerprint density at radius 1 is 1.29 bits per heavy atom. The van der Waals surface area contributed by atoms with E-state index in [0.717, 1.165) is 5.56 Å². The van der Waals surface area contributed by atoms with Crippen LogP contribution in [0.15, 0.2) is 43.0 Å². The van der Waals surface area contributed by atoms with Crippen molar-refractivity contribution in [2.45, 2.75) is 19.4 Å². The van der Waals surface area contributed by atoms with Gasteiger partial charge in [-0.3, -0.25) is 9.59 Å². The van der Waals surface area contributed by atoms with Crippen LogP contribution in [-0.4, -0.2) is 41.6 Å². The number of carbonyl (C=O) groups is 2. The van der Waals surface area contributed by atoms with Gasteiger partial charge in [0.15, 0.2) is 0 Å². The number of aliphatic carboxylic acids is 1. The Balaban J connectivity index is 2.50. The zero-order valence-corrected chi connectivity index (χ0v) is 12.0. The Morgan fingerprint density at radius 2 is 2.00 bits per heavy atom. The standard InChI is InChI=1S/C16H21NO4/c1-2-10-21-11-6-9-15(18)17(13-16(19)20)12-14-7-4-3-5-8-14/h2-5,7-8H,1,6,9-13H2,(H,19,20). The van der Waals surface area contributed by atoms with Gasteiger partial charge in [-0.25, -0.2) is 0 Å². The number of hydrogen-bond acceptors (Lipinski definition) is 3. The maximum atomic E-state index is 12.1. The molecule has 0 radical (unpaired) electrons. The lowest BCUT2D eigenvalue weighted by atomic mass is 10.2. The van der Waals surface area contributed by atoms with E-state index in [-0.39, 0.29) is 18.9 Å². The molecule has 0 saturated heterocycles. The van der Waals surface area contributed by atoms with Crippen molar-refractivity contribution in [1.82, 2.24) is 4.90 Å². The zero-order valence-electron chi connectivity index (χ0n) is 12.0. The van der Waals surface area contributed by atoms with E-state index in [1.54, 1.807) is 6.08 Å². The van der Waals surface area contributed by atoms with Crippen molar-refractivity contribution in [2.75, 3.05) is 19.8 Å². The van der Waals surface area contributed by atoms with Crippen LogP contribution in [0.3, 0.4) is 0 Å². The molecular formula is C16H21NO4. The van der Waals surface area contributed by atoms with E-state index >= 15 is 0 Å². The predicted octanol–water partition coefficient (Wildman–Crippen LogP) is 2.08. The van der Waals surface area contributed by atoms with E-state index < -0.39 is 5.97 Å². The van der Waals surface area contributed by atoms with Crippen molar-refractivity contribution in [3.05, 3.63) is 48.6 Å². The second kappa shape index (κ2) is 9.72. The van der Waals surface area contributed by atoms with Crippen molar-refractivity contribution in [2.24, 2.45) is 0 Å². The zero-order chi connectivity index (χ0) is 15.5. The van der Waals surface area contributed by atoms with E-state index in [1.807, 2.05) is 30.3 Å². The molecule has 1 amide bonds. The van der Waals surface area contributed by atoms with Gasteiger partial charge in [0.2, 0.25) is 5.91 Å². The fourth-order valence-electron chi connectivity index (χ4n) is 1.85. The molecule has 0 aliphatic heterocycles. The van der Waals surface area contributed by atoms with E-state index in [0.29, 0.717) is 26.2 Å². The van der Waals surface area contributed by atoms with Crippen LogP contribution in [0.2, 0.25) is 0 Å². The van der Waals surface area contributed by atoms with Crippen LogP contribution in [0, 0.1) is 0 Å². The van der Waals surface area contributed by atoms with Gasteiger partial charge >= 0.3 is 5.97 Å². The summed E-state index contributed by atoms with van der Waals surface area (Å²) in [5, 5.41) is 8.92. The Morgan fingerprint density at radius 3 is 2.62 bits per heavy atom. The van der Waals surface area contributed by atoms with Crippen LogP contribution in [0.5, 0.6) is 0 Å². The number of carboxylic acids is 1. The summed E-state index contributed by atoms with van der Waals surface area (Å²) in [4.78, 5) is 24.3. The molecule has 0 spiro atoms. The van der Waals surface area contributed by atoms with Crippen molar-refractivity contribution in [1.29, 1.82) is 0 Å². The van der Waals surface area contributed by atoms with Crippen molar-refractivity contribution >= 4 is 11.9 Å². The van der Waals surface area contributed by atoms with Gasteiger partial charge in [-0.15, -0.1) is 6.58 Å². The van der Waals surface area contributed by atoms with Gasteiger partial charge in [0.05, 0.1) is 6.61 Å². The monoisotopic (exact) mass is 291 g/mol. The summed E-state index contributed by atoms with van der Waals surface area (Å²) in [5.41, 5.74) is 0.912. The highest BCUT2D eigenvalue weighted by Gasteiger charge is 2.16.